The quantitative estimate of drug-likeness (QED) is 0.587. The monoisotopic (exact) mass is 491 g/mol. The number of ether oxygens (including phenoxy) is 1. The van der Waals surface area contributed by atoms with Gasteiger partial charge in [0.2, 0.25) is 0 Å². The van der Waals surface area contributed by atoms with Crippen LogP contribution in [0.1, 0.15) is 60.2 Å². The maximum Gasteiger partial charge on any atom is 0.252 e. The van der Waals surface area contributed by atoms with Crippen molar-refractivity contribution in [3.8, 4) is 5.75 Å². The van der Waals surface area contributed by atoms with Crippen LogP contribution in [-0.4, -0.2) is 50.9 Å². The summed E-state index contributed by atoms with van der Waals surface area (Å²) in [6.07, 6.45) is 8.12. The van der Waals surface area contributed by atoms with E-state index in [4.69, 9.17) is 4.74 Å². The van der Waals surface area contributed by atoms with Gasteiger partial charge in [0.1, 0.15) is 9.96 Å². The van der Waals surface area contributed by atoms with Gasteiger partial charge in [0.05, 0.1) is 13.7 Å². The Morgan fingerprint density at radius 2 is 1.79 bits per heavy atom. The third-order valence-corrected chi connectivity index (χ3v) is 9.97. The maximum absolute atomic E-state index is 13.1. The van der Waals surface area contributed by atoms with Crippen molar-refractivity contribution in [2.45, 2.75) is 67.8 Å². The fourth-order valence-electron chi connectivity index (χ4n) is 4.62. The summed E-state index contributed by atoms with van der Waals surface area (Å²) < 4.78 is 33.4. The van der Waals surface area contributed by atoms with Crippen molar-refractivity contribution in [3.05, 3.63) is 46.8 Å². The summed E-state index contributed by atoms with van der Waals surface area (Å²) >= 11 is 1.22. The zero-order valence-corrected chi connectivity index (χ0v) is 20.7. The SMILES string of the molecule is COc1cccc(C(=O)NCc2ccc(S(=O)(=O)N3CCC(NC4CCCCC4)CC3)s2)c1. The highest BCUT2D eigenvalue weighted by Crippen LogP contribution is 2.28. The number of carbonyl (C=O) groups excluding carboxylic acids is 1. The van der Waals surface area contributed by atoms with E-state index < -0.39 is 10.0 Å². The number of amides is 1. The van der Waals surface area contributed by atoms with Crippen molar-refractivity contribution in [3.63, 3.8) is 0 Å². The molecule has 9 heteroatoms. The van der Waals surface area contributed by atoms with Crippen molar-refractivity contribution in [1.82, 2.24) is 14.9 Å². The predicted molar refractivity (Wildman–Crippen MR) is 130 cm³/mol. The molecule has 0 unspecified atom stereocenters. The number of hydrogen-bond acceptors (Lipinski definition) is 6. The van der Waals surface area contributed by atoms with Crippen LogP contribution in [0.15, 0.2) is 40.6 Å². The van der Waals surface area contributed by atoms with Crippen LogP contribution in [0, 0.1) is 0 Å². The zero-order valence-electron chi connectivity index (χ0n) is 19.1. The van der Waals surface area contributed by atoms with Crippen molar-refractivity contribution < 1.29 is 17.9 Å². The van der Waals surface area contributed by atoms with Crippen molar-refractivity contribution in [1.29, 1.82) is 0 Å². The number of sulfonamides is 1. The molecule has 1 amide bonds. The number of nitrogens with zero attached hydrogens (tertiary/aromatic N) is 1. The molecule has 180 valence electrons. The molecule has 0 spiro atoms. The highest BCUT2D eigenvalue weighted by molar-refractivity contribution is 7.91. The van der Waals surface area contributed by atoms with Gasteiger partial charge in [-0.3, -0.25) is 4.79 Å². The van der Waals surface area contributed by atoms with Crippen LogP contribution in [0.3, 0.4) is 0 Å². The van der Waals surface area contributed by atoms with Crippen LogP contribution in [-0.2, 0) is 16.6 Å². The molecule has 2 N–H and O–H groups in total. The lowest BCUT2D eigenvalue weighted by atomic mass is 9.94. The molecule has 2 aromatic rings. The molecule has 1 saturated carbocycles. The molecule has 1 saturated heterocycles. The highest BCUT2D eigenvalue weighted by Gasteiger charge is 2.31. The van der Waals surface area contributed by atoms with E-state index in [1.807, 2.05) is 0 Å². The molecule has 1 aliphatic carbocycles. The Bertz CT molecular complexity index is 1040. The van der Waals surface area contributed by atoms with Crippen molar-refractivity contribution in [2.24, 2.45) is 0 Å². The minimum Gasteiger partial charge on any atom is -0.497 e. The molecule has 2 heterocycles. The van der Waals surface area contributed by atoms with Crippen LogP contribution in [0.4, 0.5) is 0 Å². The largest absolute Gasteiger partial charge is 0.497 e. The molecular weight excluding hydrogens is 458 g/mol. The van der Waals surface area contributed by atoms with Gasteiger partial charge >= 0.3 is 0 Å². The number of nitrogens with one attached hydrogen (secondary N) is 2. The second kappa shape index (κ2) is 11.0. The minimum atomic E-state index is -3.50. The first-order valence-electron chi connectivity index (χ1n) is 11.7. The lowest BCUT2D eigenvalue weighted by molar-refractivity contribution is 0.0951. The Kier molecular flexibility index (Phi) is 8.06. The van der Waals surface area contributed by atoms with Crippen LogP contribution < -0.4 is 15.4 Å². The summed E-state index contributed by atoms with van der Waals surface area (Å²) in [6.45, 7) is 1.38. The van der Waals surface area contributed by atoms with Gasteiger partial charge in [-0.2, -0.15) is 4.31 Å². The van der Waals surface area contributed by atoms with Gasteiger partial charge < -0.3 is 15.4 Å². The summed E-state index contributed by atoms with van der Waals surface area (Å²) in [7, 11) is -1.95. The van der Waals surface area contributed by atoms with E-state index in [2.05, 4.69) is 10.6 Å². The molecule has 7 nitrogen and oxygen atoms in total. The van der Waals surface area contributed by atoms with Gasteiger partial charge in [0.25, 0.3) is 15.9 Å². The molecule has 33 heavy (non-hydrogen) atoms. The molecule has 2 fully saturated rings. The molecule has 4 rings (SSSR count). The van der Waals surface area contributed by atoms with E-state index in [9.17, 15) is 13.2 Å². The van der Waals surface area contributed by atoms with E-state index in [0.29, 0.717) is 40.7 Å². The highest BCUT2D eigenvalue weighted by atomic mass is 32.2. The van der Waals surface area contributed by atoms with E-state index in [1.165, 1.54) is 43.4 Å². The minimum absolute atomic E-state index is 0.223. The number of hydrogen-bond donors (Lipinski definition) is 2. The number of rotatable bonds is 8. The van der Waals surface area contributed by atoms with Crippen molar-refractivity contribution in [2.75, 3.05) is 20.2 Å². The molecule has 0 atom stereocenters. The van der Waals surface area contributed by atoms with Gasteiger partial charge in [0.15, 0.2) is 0 Å². The Balaban J connectivity index is 1.29. The Labute approximate surface area is 200 Å². The summed E-state index contributed by atoms with van der Waals surface area (Å²) in [6, 6.07) is 11.4. The molecule has 1 aromatic carbocycles. The first kappa shape index (κ1) is 24.2. The number of carbonyl (C=O) groups is 1. The van der Waals surface area contributed by atoms with Gasteiger partial charge in [-0.05, 0) is 56.0 Å². The summed E-state index contributed by atoms with van der Waals surface area (Å²) in [5, 5.41) is 6.61. The van der Waals surface area contributed by atoms with E-state index in [-0.39, 0.29) is 12.5 Å². The topological polar surface area (TPSA) is 87.7 Å². The van der Waals surface area contributed by atoms with Crippen LogP contribution >= 0.6 is 11.3 Å². The van der Waals surface area contributed by atoms with E-state index in [0.717, 1.165) is 17.7 Å². The summed E-state index contributed by atoms with van der Waals surface area (Å²) in [4.78, 5) is 13.2. The second-order valence-corrected chi connectivity index (χ2v) is 12.1. The van der Waals surface area contributed by atoms with Gasteiger partial charge in [-0.15, -0.1) is 11.3 Å². The molecule has 1 aliphatic heterocycles. The third-order valence-electron chi connectivity index (χ3n) is 6.52. The summed E-state index contributed by atoms with van der Waals surface area (Å²) in [5.74, 6) is 0.393. The number of methoxy groups -OCH3 is 1. The van der Waals surface area contributed by atoms with Gasteiger partial charge in [0, 0.05) is 35.6 Å². The Morgan fingerprint density at radius 3 is 2.52 bits per heavy atom. The second-order valence-electron chi connectivity index (χ2n) is 8.82. The van der Waals surface area contributed by atoms with Crippen LogP contribution in [0.2, 0.25) is 0 Å². The zero-order chi connectivity index (χ0) is 23.3. The van der Waals surface area contributed by atoms with E-state index in [1.54, 1.807) is 47.8 Å². The molecule has 0 bridgehead atoms. The lowest BCUT2D eigenvalue weighted by Crippen LogP contribution is -2.48. The molecule has 1 aromatic heterocycles. The van der Waals surface area contributed by atoms with Crippen LogP contribution in [0.25, 0.3) is 0 Å². The molecule has 2 aliphatic rings. The number of benzene rings is 1. The maximum atomic E-state index is 13.1. The summed E-state index contributed by atoms with van der Waals surface area (Å²) in [5.41, 5.74) is 0.503. The smallest absolute Gasteiger partial charge is 0.252 e. The van der Waals surface area contributed by atoms with Gasteiger partial charge in [-0.25, -0.2) is 8.42 Å². The standard InChI is InChI=1S/C24H33N3O4S2/c1-31-21-9-5-6-18(16-21)24(28)25-17-22-10-11-23(32-22)33(29,30)27-14-12-20(13-15-27)26-19-7-3-2-4-8-19/h5-6,9-11,16,19-20,26H,2-4,7-8,12-15,17H2,1H3,(H,25,28). The Morgan fingerprint density at radius 1 is 1.06 bits per heavy atom. The lowest BCUT2D eigenvalue weighted by Gasteiger charge is -2.34. The first-order valence-corrected chi connectivity index (χ1v) is 14.0. The fourth-order valence-corrected chi connectivity index (χ4v) is 7.54. The number of thiophene rings is 1. The predicted octanol–water partition coefficient (Wildman–Crippen LogP) is 3.76. The van der Waals surface area contributed by atoms with Crippen molar-refractivity contribution >= 4 is 27.3 Å². The average molecular weight is 492 g/mol. The van der Waals surface area contributed by atoms with E-state index >= 15 is 0 Å². The fraction of sp³-hybridized carbons (Fsp3) is 0.542. The normalized spacial score (nSPS) is 18.8. The molecule has 0 radical (unpaired) electrons. The first-order chi connectivity index (χ1) is 16.0. The molecular formula is C24H33N3O4S2. The van der Waals surface area contributed by atoms with Crippen LogP contribution in [0.5, 0.6) is 5.75 Å². The number of piperidine rings is 1. The van der Waals surface area contributed by atoms with Gasteiger partial charge in [-0.1, -0.05) is 25.3 Å². The average Bonchev–Trinajstić information content (AvgIpc) is 3.34. The Hall–Kier alpha value is -1.94. The third kappa shape index (κ3) is 6.15.